The van der Waals surface area contributed by atoms with E-state index in [-0.39, 0.29) is 18.4 Å². The Balaban J connectivity index is 1.31. The molecular formula is C25H22FN5O3. The van der Waals surface area contributed by atoms with Gasteiger partial charge in [-0.25, -0.2) is 14.4 Å². The van der Waals surface area contributed by atoms with Gasteiger partial charge in [-0.05, 0) is 35.4 Å². The van der Waals surface area contributed by atoms with Gasteiger partial charge in [-0.15, -0.1) is 0 Å². The number of halogens is 1. The normalized spacial score (nSPS) is 16.9. The second-order valence-electron chi connectivity index (χ2n) is 8.14. The fourth-order valence-corrected chi connectivity index (χ4v) is 4.18. The number of nitrogens with two attached hydrogens (primary N) is 1. The summed E-state index contributed by atoms with van der Waals surface area (Å²) in [4.78, 5) is 9.34. The van der Waals surface area contributed by atoms with Gasteiger partial charge in [0.2, 0.25) is 5.95 Å². The summed E-state index contributed by atoms with van der Waals surface area (Å²) in [7, 11) is 0. The summed E-state index contributed by atoms with van der Waals surface area (Å²) in [5.74, 6) is 2.65. The molecule has 2 aliphatic heterocycles. The molecule has 0 radical (unpaired) electrons. The monoisotopic (exact) mass is 459 g/mol. The van der Waals surface area contributed by atoms with Crippen molar-refractivity contribution < 1.29 is 18.6 Å². The summed E-state index contributed by atoms with van der Waals surface area (Å²) in [6.45, 7) is 1.49. The summed E-state index contributed by atoms with van der Waals surface area (Å²) in [5, 5.41) is 3.05. The Morgan fingerprint density at radius 1 is 1.06 bits per heavy atom. The molecule has 1 aromatic heterocycles. The van der Waals surface area contributed by atoms with Crippen LogP contribution in [0.3, 0.4) is 0 Å². The number of ether oxygens (including phenoxy) is 3. The van der Waals surface area contributed by atoms with Crippen LogP contribution in [0.1, 0.15) is 23.7 Å². The van der Waals surface area contributed by atoms with Gasteiger partial charge in [0, 0.05) is 18.6 Å². The number of imidazole rings is 1. The highest BCUT2D eigenvalue weighted by molar-refractivity contribution is 5.95. The van der Waals surface area contributed by atoms with Crippen LogP contribution in [-0.2, 0) is 6.61 Å². The average molecular weight is 459 g/mol. The Labute approximate surface area is 194 Å². The van der Waals surface area contributed by atoms with Gasteiger partial charge in [0.1, 0.15) is 18.2 Å². The molecule has 0 amide bonds. The molecule has 0 saturated heterocycles. The minimum Gasteiger partial charge on any atom is -0.489 e. The molecule has 3 heterocycles. The van der Waals surface area contributed by atoms with Gasteiger partial charge in [-0.1, -0.05) is 24.3 Å². The zero-order chi connectivity index (χ0) is 23.1. The molecule has 34 heavy (non-hydrogen) atoms. The van der Waals surface area contributed by atoms with Gasteiger partial charge in [0.15, 0.2) is 23.6 Å². The lowest BCUT2D eigenvalue weighted by Gasteiger charge is -2.24. The molecular weight excluding hydrogens is 437 g/mol. The molecule has 0 fully saturated rings. The van der Waals surface area contributed by atoms with Gasteiger partial charge in [-0.3, -0.25) is 9.88 Å². The SMILES string of the molecule is NC1=N[C@H](c2ccc(OCc3cccc(F)c3)cc2)n2c(nc3cc4c(cc32)OCCCO4)N1. The van der Waals surface area contributed by atoms with E-state index in [9.17, 15) is 4.39 Å². The van der Waals surface area contributed by atoms with Crippen molar-refractivity contribution in [3.63, 3.8) is 0 Å². The summed E-state index contributed by atoms with van der Waals surface area (Å²) >= 11 is 0. The highest BCUT2D eigenvalue weighted by atomic mass is 19.1. The molecule has 1 atom stereocenters. The highest BCUT2D eigenvalue weighted by Gasteiger charge is 2.27. The fourth-order valence-electron chi connectivity index (χ4n) is 4.18. The van der Waals surface area contributed by atoms with Gasteiger partial charge >= 0.3 is 0 Å². The molecule has 0 bridgehead atoms. The Hall–Kier alpha value is -4.27. The van der Waals surface area contributed by atoms with E-state index in [1.54, 1.807) is 6.07 Å². The van der Waals surface area contributed by atoms with Crippen LogP contribution in [0.4, 0.5) is 10.3 Å². The standard InChI is InChI=1S/C25H22FN5O3/c26-17-4-1-3-15(11-17)14-34-18-7-5-16(6-8-18)23-29-24(27)30-25-28-19-12-21-22(13-20(19)31(23)25)33-10-2-9-32-21/h1,3-8,11-13,23H,2,9-10,14H2,(H3,27,28,29,30)/t23-/m0/s1. The van der Waals surface area contributed by atoms with Gasteiger partial charge in [0.25, 0.3) is 0 Å². The van der Waals surface area contributed by atoms with Crippen LogP contribution in [0.15, 0.2) is 65.7 Å². The van der Waals surface area contributed by atoms with E-state index in [0.717, 1.165) is 28.6 Å². The molecule has 0 aliphatic carbocycles. The van der Waals surface area contributed by atoms with Gasteiger partial charge < -0.3 is 19.9 Å². The Kier molecular flexibility index (Phi) is 4.94. The predicted molar refractivity (Wildman–Crippen MR) is 126 cm³/mol. The van der Waals surface area contributed by atoms with E-state index in [1.165, 1.54) is 12.1 Å². The fraction of sp³-hybridized carbons (Fsp3) is 0.200. The number of aliphatic imine (C=N–C) groups is 1. The molecule has 0 saturated carbocycles. The van der Waals surface area contributed by atoms with Crippen LogP contribution in [0.25, 0.3) is 11.0 Å². The first-order valence-electron chi connectivity index (χ1n) is 11.0. The number of benzene rings is 3. The molecule has 3 aromatic carbocycles. The first-order chi connectivity index (χ1) is 16.6. The molecule has 2 aliphatic rings. The molecule has 4 aromatic rings. The number of rotatable bonds is 4. The number of guanidine groups is 1. The minimum atomic E-state index is -0.414. The Morgan fingerprint density at radius 2 is 1.85 bits per heavy atom. The summed E-state index contributed by atoms with van der Waals surface area (Å²) in [6, 6.07) is 17.8. The van der Waals surface area contributed by atoms with E-state index in [2.05, 4.69) is 10.3 Å². The van der Waals surface area contributed by atoms with Crippen molar-refractivity contribution >= 4 is 22.9 Å². The summed E-state index contributed by atoms with van der Waals surface area (Å²) in [6.07, 6.45) is 0.416. The molecule has 3 N–H and O–H groups in total. The van der Waals surface area contributed by atoms with Crippen molar-refractivity contribution in [2.24, 2.45) is 10.7 Å². The van der Waals surface area contributed by atoms with Gasteiger partial charge in [0.05, 0.1) is 24.2 Å². The van der Waals surface area contributed by atoms with Crippen LogP contribution in [-0.4, -0.2) is 28.7 Å². The zero-order valence-electron chi connectivity index (χ0n) is 18.2. The Bertz CT molecular complexity index is 1400. The van der Waals surface area contributed by atoms with Gasteiger partial charge in [-0.2, -0.15) is 0 Å². The van der Waals surface area contributed by atoms with E-state index in [4.69, 9.17) is 24.9 Å². The summed E-state index contributed by atoms with van der Waals surface area (Å²) < 4.78 is 32.9. The second kappa shape index (κ2) is 8.26. The second-order valence-corrected chi connectivity index (χ2v) is 8.14. The van der Waals surface area contributed by atoms with Crippen LogP contribution in [0.2, 0.25) is 0 Å². The third kappa shape index (κ3) is 3.75. The van der Waals surface area contributed by atoms with Crippen molar-refractivity contribution in [2.45, 2.75) is 19.2 Å². The number of nitrogens with one attached hydrogen (secondary N) is 1. The maximum Gasteiger partial charge on any atom is 0.212 e. The number of fused-ring (bicyclic) bond motifs is 4. The van der Waals surface area contributed by atoms with Crippen LogP contribution in [0, 0.1) is 5.82 Å². The zero-order valence-corrected chi connectivity index (χ0v) is 18.2. The third-order valence-corrected chi connectivity index (χ3v) is 5.78. The number of aromatic nitrogens is 2. The number of hydrogen-bond donors (Lipinski definition) is 2. The van der Waals surface area contributed by atoms with Crippen molar-refractivity contribution in [3.05, 3.63) is 77.6 Å². The molecule has 0 unspecified atom stereocenters. The van der Waals surface area contributed by atoms with E-state index in [0.29, 0.717) is 36.4 Å². The highest BCUT2D eigenvalue weighted by Crippen LogP contribution is 2.39. The largest absolute Gasteiger partial charge is 0.489 e. The maximum absolute atomic E-state index is 13.4. The lowest BCUT2D eigenvalue weighted by Crippen LogP contribution is -2.31. The lowest BCUT2D eigenvalue weighted by atomic mass is 10.1. The molecule has 0 spiro atoms. The topological polar surface area (TPSA) is 95.9 Å². The van der Waals surface area contributed by atoms with E-state index in [1.807, 2.05) is 47.0 Å². The number of hydrogen-bond acceptors (Lipinski definition) is 7. The predicted octanol–water partition coefficient (Wildman–Crippen LogP) is 4.20. The first-order valence-corrected chi connectivity index (χ1v) is 11.0. The molecule has 6 rings (SSSR count). The molecule has 9 heteroatoms. The number of nitrogens with zero attached hydrogens (tertiary/aromatic N) is 3. The quantitative estimate of drug-likeness (QED) is 0.475. The first kappa shape index (κ1) is 20.3. The molecule has 8 nitrogen and oxygen atoms in total. The Morgan fingerprint density at radius 3 is 2.65 bits per heavy atom. The summed E-state index contributed by atoms with van der Waals surface area (Å²) in [5.41, 5.74) is 9.37. The number of anilines is 1. The van der Waals surface area contributed by atoms with E-state index >= 15 is 0 Å². The smallest absolute Gasteiger partial charge is 0.212 e. The third-order valence-electron chi connectivity index (χ3n) is 5.78. The van der Waals surface area contributed by atoms with Crippen molar-refractivity contribution in [1.82, 2.24) is 9.55 Å². The maximum atomic E-state index is 13.4. The van der Waals surface area contributed by atoms with Crippen LogP contribution >= 0.6 is 0 Å². The average Bonchev–Trinajstić information content (AvgIpc) is 3.02. The lowest BCUT2D eigenvalue weighted by molar-refractivity contribution is 0.297. The van der Waals surface area contributed by atoms with Crippen LogP contribution < -0.4 is 25.3 Å². The minimum absolute atomic E-state index is 0.277. The van der Waals surface area contributed by atoms with Crippen LogP contribution in [0.5, 0.6) is 17.2 Å². The van der Waals surface area contributed by atoms with Crippen molar-refractivity contribution in [1.29, 1.82) is 0 Å². The van der Waals surface area contributed by atoms with Crippen molar-refractivity contribution in [2.75, 3.05) is 18.5 Å². The van der Waals surface area contributed by atoms with Crippen molar-refractivity contribution in [3.8, 4) is 17.2 Å². The molecule has 172 valence electrons. The van der Waals surface area contributed by atoms with E-state index < -0.39 is 6.17 Å².